The molecule has 1 N–H and O–H groups in total. The van der Waals surface area contributed by atoms with E-state index < -0.39 is 0 Å². The van der Waals surface area contributed by atoms with Gasteiger partial charge in [0.25, 0.3) is 0 Å². The molecule has 0 atom stereocenters. The number of nitrogens with one attached hydrogen (secondary N) is 1. The molecule has 1 saturated carbocycles. The van der Waals surface area contributed by atoms with E-state index in [1.807, 2.05) is 12.3 Å². The van der Waals surface area contributed by atoms with Crippen molar-refractivity contribution in [3.8, 4) is 0 Å². The quantitative estimate of drug-likeness (QED) is 0.771. The van der Waals surface area contributed by atoms with Gasteiger partial charge in [-0.2, -0.15) is 0 Å². The predicted molar refractivity (Wildman–Crippen MR) is 67.5 cm³/mol. The van der Waals surface area contributed by atoms with E-state index in [1.54, 1.807) is 0 Å². The highest BCUT2D eigenvalue weighted by Crippen LogP contribution is 2.39. The molecule has 2 rings (SSSR count). The van der Waals surface area contributed by atoms with Gasteiger partial charge >= 0.3 is 0 Å². The molecule has 1 aromatic heterocycles. The van der Waals surface area contributed by atoms with Gasteiger partial charge in [0, 0.05) is 25.5 Å². The molecular weight excluding hydrogens is 198 g/mol. The fraction of sp³-hybridized carbons (Fsp3) is 0.615. The highest BCUT2D eigenvalue weighted by molar-refractivity contribution is 5.27. The van der Waals surface area contributed by atoms with Crippen molar-refractivity contribution in [1.82, 2.24) is 9.55 Å². The van der Waals surface area contributed by atoms with E-state index >= 15 is 0 Å². The zero-order valence-corrected chi connectivity index (χ0v) is 10.1. The minimum atomic E-state index is 0.464. The normalized spacial score (nSPS) is 18.6. The Morgan fingerprint density at radius 2 is 2.31 bits per heavy atom. The Hall–Kier alpha value is -1.25. The lowest BCUT2D eigenvalue weighted by Crippen LogP contribution is -2.20. The smallest absolute Gasteiger partial charge is 0.203 e. The van der Waals surface area contributed by atoms with Gasteiger partial charge in [0.2, 0.25) is 5.95 Å². The van der Waals surface area contributed by atoms with Crippen LogP contribution >= 0.6 is 0 Å². The lowest BCUT2D eigenvalue weighted by atomic mass is 9.89. The summed E-state index contributed by atoms with van der Waals surface area (Å²) in [5.74, 6) is 0.966. The summed E-state index contributed by atoms with van der Waals surface area (Å²) in [6.07, 6.45) is 11.2. The SMILES string of the molecule is C=CCNc1nccn1CC1(C)CCCC1. The maximum atomic E-state index is 4.33. The van der Waals surface area contributed by atoms with Crippen LogP contribution in [-0.4, -0.2) is 16.1 Å². The van der Waals surface area contributed by atoms with Crippen LogP contribution in [0.4, 0.5) is 5.95 Å². The van der Waals surface area contributed by atoms with E-state index in [2.05, 4.69) is 34.6 Å². The standard InChI is InChI=1S/C13H21N3/c1-3-8-14-12-15-9-10-16(12)11-13(2)6-4-5-7-13/h3,9-10H,1,4-8,11H2,2H3,(H,14,15). The van der Waals surface area contributed by atoms with Crippen molar-refractivity contribution in [2.45, 2.75) is 39.2 Å². The van der Waals surface area contributed by atoms with E-state index in [-0.39, 0.29) is 0 Å². The molecule has 0 saturated heterocycles. The summed E-state index contributed by atoms with van der Waals surface area (Å²) in [6.45, 7) is 7.94. The summed E-state index contributed by atoms with van der Waals surface area (Å²) in [5, 5.41) is 3.27. The molecule has 88 valence electrons. The van der Waals surface area contributed by atoms with Crippen LogP contribution in [0.15, 0.2) is 25.0 Å². The molecule has 0 spiro atoms. The highest BCUT2D eigenvalue weighted by Gasteiger charge is 2.29. The van der Waals surface area contributed by atoms with E-state index in [4.69, 9.17) is 0 Å². The van der Waals surface area contributed by atoms with Crippen molar-refractivity contribution in [2.75, 3.05) is 11.9 Å². The second kappa shape index (κ2) is 4.73. The summed E-state index contributed by atoms with van der Waals surface area (Å²) in [4.78, 5) is 4.33. The van der Waals surface area contributed by atoms with Gasteiger partial charge in [0.1, 0.15) is 0 Å². The van der Waals surface area contributed by atoms with Crippen molar-refractivity contribution in [3.05, 3.63) is 25.0 Å². The lowest BCUT2D eigenvalue weighted by Gasteiger charge is -2.24. The van der Waals surface area contributed by atoms with Crippen LogP contribution in [0.3, 0.4) is 0 Å². The predicted octanol–water partition coefficient (Wildman–Crippen LogP) is 3.06. The van der Waals surface area contributed by atoms with Gasteiger partial charge in [-0.15, -0.1) is 6.58 Å². The number of nitrogens with zero attached hydrogens (tertiary/aromatic N) is 2. The second-order valence-electron chi connectivity index (χ2n) is 5.07. The van der Waals surface area contributed by atoms with Crippen LogP contribution in [0.5, 0.6) is 0 Å². The third-order valence-corrected chi connectivity index (χ3v) is 3.48. The van der Waals surface area contributed by atoms with Crippen LogP contribution in [0.2, 0.25) is 0 Å². The highest BCUT2D eigenvalue weighted by atomic mass is 15.2. The first kappa shape index (κ1) is 11.2. The van der Waals surface area contributed by atoms with Crippen molar-refractivity contribution in [2.24, 2.45) is 5.41 Å². The number of aromatic nitrogens is 2. The van der Waals surface area contributed by atoms with Gasteiger partial charge in [0.15, 0.2) is 0 Å². The third kappa shape index (κ3) is 2.46. The van der Waals surface area contributed by atoms with Crippen molar-refractivity contribution in [3.63, 3.8) is 0 Å². The molecule has 0 aliphatic heterocycles. The molecule has 1 fully saturated rings. The second-order valence-corrected chi connectivity index (χ2v) is 5.07. The Morgan fingerprint density at radius 1 is 1.56 bits per heavy atom. The van der Waals surface area contributed by atoms with E-state index in [0.717, 1.165) is 19.0 Å². The molecule has 3 heteroatoms. The molecule has 16 heavy (non-hydrogen) atoms. The molecule has 0 radical (unpaired) electrons. The fourth-order valence-electron chi connectivity index (χ4n) is 2.57. The number of rotatable bonds is 5. The van der Waals surface area contributed by atoms with Gasteiger partial charge in [0.05, 0.1) is 0 Å². The number of hydrogen-bond acceptors (Lipinski definition) is 2. The average Bonchev–Trinajstić information content (AvgIpc) is 2.86. The zero-order valence-electron chi connectivity index (χ0n) is 10.1. The Labute approximate surface area is 97.6 Å². The first-order chi connectivity index (χ1) is 7.73. The van der Waals surface area contributed by atoms with E-state index in [0.29, 0.717) is 5.41 Å². The fourth-order valence-corrected chi connectivity index (χ4v) is 2.57. The maximum absolute atomic E-state index is 4.33. The molecule has 3 nitrogen and oxygen atoms in total. The zero-order chi connectivity index (χ0) is 11.4. The minimum absolute atomic E-state index is 0.464. The Kier molecular flexibility index (Phi) is 3.32. The number of imidazole rings is 1. The Balaban J connectivity index is 2.03. The van der Waals surface area contributed by atoms with Crippen LogP contribution in [0.1, 0.15) is 32.6 Å². The lowest BCUT2D eigenvalue weighted by molar-refractivity contribution is 0.283. The van der Waals surface area contributed by atoms with Gasteiger partial charge in [-0.05, 0) is 18.3 Å². The molecule has 1 aliphatic rings. The van der Waals surface area contributed by atoms with Crippen molar-refractivity contribution >= 4 is 5.95 Å². The first-order valence-corrected chi connectivity index (χ1v) is 6.09. The number of anilines is 1. The number of hydrogen-bond donors (Lipinski definition) is 1. The molecular formula is C13H21N3. The molecule has 0 amide bonds. The molecule has 1 aromatic rings. The summed E-state index contributed by atoms with van der Waals surface area (Å²) >= 11 is 0. The van der Waals surface area contributed by atoms with Gasteiger partial charge in [-0.25, -0.2) is 4.98 Å². The summed E-state index contributed by atoms with van der Waals surface area (Å²) in [7, 11) is 0. The van der Waals surface area contributed by atoms with Crippen LogP contribution in [-0.2, 0) is 6.54 Å². The topological polar surface area (TPSA) is 29.9 Å². The van der Waals surface area contributed by atoms with Crippen molar-refractivity contribution < 1.29 is 0 Å². The Morgan fingerprint density at radius 3 is 3.00 bits per heavy atom. The average molecular weight is 219 g/mol. The third-order valence-electron chi connectivity index (χ3n) is 3.48. The van der Waals surface area contributed by atoms with Crippen LogP contribution in [0.25, 0.3) is 0 Å². The molecule has 1 aliphatic carbocycles. The molecule has 0 bridgehead atoms. The van der Waals surface area contributed by atoms with Gasteiger partial charge in [-0.1, -0.05) is 25.8 Å². The minimum Gasteiger partial charge on any atom is -0.352 e. The van der Waals surface area contributed by atoms with E-state index in [9.17, 15) is 0 Å². The first-order valence-electron chi connectivity index (χ1n) is 6.09. The van der Waals surface area contributed by atoms with E-state index in [1.165, 1.54) is 25.7 Å². The monoisotopic (exact) mass is 219 g/mol. The molecule has 0 unspecified atom stereocenters. The summed E-state index contributed by atoms with van der Waals surface area (Å²) in [6, 6.07) is 0. The van der Waals surface area contributed by atoms with Crippen LogP contribution < -0.4 is 5.32 Å². The van der Waals surface area contributed by atoms with Gasteiger partial charge in [-0.3, -0.25) is 0 Å². The van der Waals surface area contributed by atoms with Crippen molar-refractivity contribution in [1.29, 1.82) is 0 Å². The largest absolute Gasteiger partial charge is 0.352 e. The van der Waals surface area contributed by atoms with Crippen LogP contribution in [0, 0.1) is 5.41 Å². The summed E-state index contributed by atoms with van der Waals surface area (Å²) < 4.78 is 2.23. The molecule has 1 heterocycles. The maximum Gasteiger partial charge on any atom is 0.203 e. The summed E-state index contributed by atoms with van der Waals surface area (Å²) in [5.41, 5.74) is 0.464. The van der Waals surface area contributed by atoms with Gasteiger partial charge < -0.3 is 9.88 Å². The molecule has 0 aromatic carbocycles. The Bertz CT molecular complexity index is 348.